The lowest BCUT2D eigenvalue weighted by molar-refractivity contribution is 0.312. The molecule has 4 heteroatoms. The fourth-order valence-corrected chi connectivity index (χ4v) is 2.00. The zero-order valence-corrected chi connectivity index (χ0v) is 13.2. The van der Waals surface area contributed by atoms with Gasteiger partial charge in [-0.05, 0) is 42.6 Å². The van der Waals surface area contributed by atoms with Crippen LogP contribution in [-0.2, 0) is 6.54 Å². The van der Waals surface area contributed by atoms with E-state index >= 15 is 0 Å². The zero-order valence-electron chi connectivity index (χ0n) is 11.6. The number of hydrogen-bond donors (Lipinski definition) is 1. The van der Waals surface area contributed by atoms with Crippen LogP contribution in [0.2, 0.25) is 0 Å². The van der Waals surface area contributed by atoms with Gasteiger partial charge in [0.2, 0.25) is 0 Å². The molecular formula is C15H21BrN2O. The third-order valence-electron chi connectivity index (χ3n) is 2.59. The molecule has 0 atom stereocenters. The van der Waals surface area contributed by atoms with Crippen LogP contribution in [0.3, 0.4) is 0 Å². The van der Waals surface area contributed by atoms with Crippen molar-refractivity contribution in [1.29, 1.82) is 5.26 Å². The predicted molar refractivity (Wildman–Crippen MR) is 81.0 cm³/mol. The van der Waals surface area contributed by atoms with E-state index in [0.29, 0.717) is 18.9 Å². The van der Waals surface area contributed by atoms with Crippen LogP contribution >= 0.6 is 15.9 Å². The second-order valence-corrected chi connectivity index (χ2v) is 5.74. The van der Waals surface area contributed by atoms with E-state index in [1.54, 1.807) is 0 Å². The van der Waals surface area contributed by atoms with Crippen molar-refractivity contribution in [3.63, 3.8) is 0 Å². The molecule has 1 N–H and O–H groups in total. The minimum Gasteiger partial charge on any atom is -0.494 e. The monoisotopic (exact) mass is 324 g/mol. The van der Waals surface area contributed by atoms with Crippen LogP contribution in [0.15, 0.2) is 22.7 Å². The Morgan fingerprint density at radius 2 is 2.21 bits per heavy atom. The molecule has 1 rings (SSSR count). The summed E-state index contributed by atoms with van der Waals surface area (Å²) in [6, 6.07) is 8.11. The maximum Gasteiger partial charge on any atom is 0.119 e. The summed E-state index contributed by atoms with van der Waals surface area (Å²) in [7, 11) is 0. The Morgan fingerprint density at radius 1 is 1.42 bits per heavy atom. The first-order valence-electron chi connectivity index (χ1n) is 6.62. The fraction of sp³-hybridized carbons (Fsp3) is 0.533. The van der Waals surface area contributed by atoms with Crippen molar-refractivity contribution < 1.29 is 4.74 Å². The minimum atomic E-state index is 0.541. The molecule has 0 amide bonds. The molecule has 0 unspecified atom stereocenters. The van der Waals surface area contributed by atoms with Gasteiger partial charge in [-0.3, -0.25) is 0 Å². The van der Waals surface area contributed by atoms with Gasteiger partial charge in [0, 0.05) is 17.4 Å². The van der Waals surface area contributed by atoms with E-state index in [-0.39, 0.29) is 0 Å². The van der Waals surface area contributed by atoms with E-state index in [4.69, 9.17) is 10.00 Å². The summed E-state index contributed by atoms with van der Waals surface area (Å²) in [6.07, 6.45) is 1.31. The van der Waals surface area contributed by atoms with Crippen LogP contribution in [0.5, 0.6) is 5.75 Å². The Morgan fingerprint density at radius 3 is 2.89 bits per heavy atom. The Hall–Kier alpha value is -1.05. The number of nitrogens with zero attached hydrogens (tertiary/aromatic N) is 1. The van der Waals surface area contributed by atoms with Gasteiger partial charge in [0.05, 0.1) is 12.7 Å². The number of unbranched alkanes of at least 4 members (excludes halogenated alkanes) is 1. The summed E-state index contributed by atoms with van der Waals surface area (Å²) in [6.45, 7) is 6.80. The van der Waals surface area contributed by atoms with Crippen LogP contribution in [-0.4, -0.2) is 13.2 Å². The van der Waals surface area contributed by atoms with Crippen LogP contribution in [0.1, 0.15) is 32.3 Å². The highest BCUT2D eigenvalue weighted by Gasteiger charge is 2.03. The van der Waals surface area contributed by atoms with Gasteiger partial charge in [-0.1, -0.05) is 29.8 Å². The number of benzene rings is 1. The van der Waals surface area contributed by atoms with Gasteiger partial charge >= 0.3 is 0 Å². The van der Waals surface area contributed by atoms with Crippen molar-refractivity contribution in [3.05, 3.63) is 28.2 Å². The molecule has 0 radical (unpaired) electrons. The first kappa shape index (κ1) is 16.0. The number of hydrogen-bond acceptors (Lipinski definition) is 3. The van der Waals surface area contributed by atoms with E-state index in [1.807, 2.05) is 18.2 Å². The lowest BCUT2D eigenvalue weighted by Gasteiger charge is -2.11. The quantitative estimate of drug-likeness (QED) is 0.738. The van der Waals surface area contributed by atoms with E-state index < -0.39 is 0 Å². The topological polar surface area (TPSA) is 45.0 Å². The SMILES string of the molecule is CC(C)CNCc1cc(OCCCC#N)ccc1Br. The van der Waals surface area contributed by atoms with Crippen molar-refractivity contribution in [2.45, 2.75) is 33.2 Å². The number of rotatable bonds is 8. The summed E-state index contributed by atoms with van der Waals surface area (Å²) in [5.74, 6) is 1.51. The van der Waals surface area contributed by atoms with E-state index in [0.717, 1.165) is 29.7 Å². The van der Waals surface area contributed by atoms with E-state index in [9.17, 15) is 0 Å². The van der Waals surface area contributed by atoms with Crippen LogP contribution in [0.4, 0.5) is 0 Å². The van der Waals surface area contributed by atoms with Crippen LogP contribution in [0.25, 0.3) is 0 Å². The van der Waals surface area contributed by atoms with Crippen molar-refractivity contribution in [3.8, 4) is 11.8 Å². The van der Waals surface area contributed by atoms with Gasteiger partial charge in [0.25, 0.3) is 0 Å². The second-order valence-electron chi connectivity index (χ2n) is 4.89. The molecule has 104 valence electrons. The van der Waals surface area contributed by atoms with Crippen molar-refractivity contribution >= 4 is 15.9 Å². The molecule has 0 aliphatic heterocycles. The largest absolute Gasteiger partial charge is 0.494 e. The molecule has 0 fully saturated rings. The highest BCUT2D eigenvalue weighted by Crippen LogP contribution is 2.22. The van der Waals surface area contributed by atoms with Crippen LogP contribution < -0.4 is 10.1 Å². The molecule has 0 aliphatic carbocycles. The number of halogens is 1. The van der Waals surface area contributed by atoms with Gasteiger partial charge < -0.3 is 10.1 Å². The van der Waals surface area contributed by atoms with Gasteiger partial charge in [0.1, 0.15) is 5.75 Å². The lowest BCUT2D eigenvalue weighted by Crippen LogP contribution is -2.19. The summed E-state index contributed by atoms with van der Waals surface area (Å²) in [5, 5.41) is 11.9. The molecule has 0 spiro atoms. The maximum atomic E-state index is 8.47. The molecule has 3 nitrogen and oxygen atoms in total. The fourth-order valence-electron chi connectivity index (χ4n) is 1.61. The lowest BCUT2D eigenvalue weighted by atomic mass is 10.2. The smallest absolute Gasteiger partial charge is 0.119 e. The molecule has 1 aromatic carbocycles. The number of ether oxygens (including phenoxy) is 1. The predicted octanol–water partition coefficient (Wildman–Crippen LogP) is 3.88. The summed E-state index contributed by atoms with van der Waals surface area (Å²) >= 11 is 3.55. The molecule has 0 aromatic heterocycles. The van der Waals surface area contributed by atoms with Gasteiger partial charge in [-0.2, -0.15) is 5.26 Å². The Labute approximate surface area is 124 Å². The normalized spacial score (nSPS) is 10.5. The Kier molecular flexibility index (Phi) is 7.54. The van der Waals surface area contributed by atoms with Gasteiger partial charge in [0.15, 0.2) is 0 Å². The molecule has 0 bridgehead atoms. The standard InChI is InChI=1S/C15H21BrN2O/c1-12(2)10-18-11-13-9-14(5-6-15(13)16)19-8-4-3-7-17/h5-6,9,12,18H,3-4,8,10-11H2,1-2H3. The third-order valence-corrected chi connectivity index (χ3v) is 3.36. The molecule has 0 aliphatic rings. The first-order chi connectivity index (χ1) is 9.13. The average molecular weight is 325 g/mol. The maximum absolute atomic E-state index is 8.47. The molecule has 0 heterocycles. The van der Waals surface area contributed by atoms with Crippen molar-refractivity contribution in [2.75, 3.05) is 13.2 Å². The third kappa shape index (κ3) is 6.60. The highest BCUT2D eigenvalue weighted by atomic mass is 79.9. The van der Waals surface area contributed by atoms with Crippen LogP contribution in [0, 0.1) is 17.2 Å². The highest BCUT2D eigenvalue weighted by molar-refractivity contribution is 9.10. The summed E-state index contributed by atoms with van der Waals surface area (Å²) < 4.78 is 6.72. The van der Waals surface area contributed by atoms with E-state index in [2.05, 4.69) is 41.2 Å². The van der Waals surface area contributed by atoms with E-state index in [1.165, 1.54) is 5.56 Å². The van der Waals surface area contributed by atoms with Crippen molar-refractivity contribution in [1.82, 2.24) is 5.32 Å². The summed E-state index contributed by atoms with van der Waals surface area (Å²) in [5.41, 5.74) is 1.19. The number of nitriles is 1. The molecule has 1 aromatic rings. The molecule has 19 heavy (non-hydrogen) atoms. The molecule has 0 saturated heterocycles. The molecular weight excluding hydrogens is 304 g/mol. The second kappa shape index (κ2) is 8.95. The minimum absolute atomic E-state index is 0.541. The average Bonchev–Trinajstić information content (AvgIpc) is 2.37. The first-order valence-corrected chi connectivity index (χ1v) is 7.41. The van der Waals surface area contributed by atoms with Gasteiger partial charge in [-0.25, -0.2) is 0 Å². The number of nitrogens with one attached hydrogen (secondary N) is 1. The summed E-state index contributed by atoms with van der Waals surface area (Å²) in [4.78, 5) is 0. The zero-order chi connectivity index (χ0) is 14.1. The van der Waals surface area contributed by atoms with Gasteiger partial charge in [-0.15, -0.1) is 0 Å². The Bertz CT molecular complexity index is 427. The van der Waals surface area contributed by atoms with Crippen molar-refractivity contribution in [2.24, 2.45) is 5.92 Å². The Balaban J connectivity index is 2.49. The molecule has 0 saturated carbocycles.